The average molecular weight is 220 g/mol. The first kappa shape index (κ1) is 12.8. The highest BCUT2D eigenvalue weighted by atomic mass is 16.5. The molecule has 1 heterocycles. The summed E-state index contributed by atoms with van der Waals surface area (Å²) in [5, 5.41) is 0. The third kappa shape index (κ3) is 4.96. The van der Waals surface area contributed by atoms with Gasteiger partial charge >= 0.3 is 5.97 Å². The maximum Gasteiger partial charge on any atom is 0.333 e. The molecule has 0 fully saturated rings. The van der Waals surface area contributed by atoms with Gasteiger partial charge in [0.15, 0.2) is 0 Å². The van der Waals surface area contributed by atoms with Crippen molar-refractivity contribution in [3.8, 4) is 0 Å². The van der Waals surface area contributed by atoms with Gasteiger partial charge in [0.2, 0.25) is 0 Å². The Morgan fingerprint density at radius 3 is 2.88 bits per heavy atom. The lowest BCUT2D eigenvalue weighted by atomic mass is 10.0. The fourth-order valence-electron chi connectivity index (χ4n) is 1.55. The SMILES string of the molecule is C/C1=C\CC[C@H](C)C/C=C/C=C/COC1=O. The summed E-state index contributed by atoms with van der Waals surface area (Å²) >= 11 is 0. The number of esters is 1. The molecule has 88 valence electrons. The van der Waals surface area contributed by atoms with Crippen molar-refractivity contribution in [1.82, 2.24) is 0 Å². The van der Waals surface area contributed by atoms with Gasteiger partial charge in [-0.25, -0.2) is 4.79 Å². The van der Waals surface area contributed by atoms with E-state index in [4.69, 9.17) is 4.74 Å². The Bertz CT molecular complexity index is 311. The van der Waals surface area contributed by atoms with Crippen molar-refractivity contribution < 1.29 is 9.53 Å². The predicted molar refractivity (Wildman–Crippen MR) is 66.0 cm³/mol. The minimum atomic E-state index is -0.208. The maximum atomic E-state index is 11.5. The zero-order valence-corrected chi connectivity index (χ0v) is 10.1. The largest absolute Gasteiger partial charge is 0.458 e. The second-order valence-corrected chi connectivity index (χ2v) is 4.26. The van der Waals surface area contributed by atoms with Crippen LogP contribution in [0.2, 0.25) is 0 Å². The van der Waals surface area contributed by atoms with E-state index >= 15 is 0 Å². The predicted octanol–water partition coefficient (Wildman–Crippen LogP) is 3.41. The molecule has 1 rings (SSSR count). The summed E-state index contributed by atoms with van der Waals surface area (Å²) in [6, 6.07) is 0. The number of rotatable bonds is 0. The number of carbonyl (C=O) groups excluding carboxylic acids is 1. The van der Waals surface area contributed by atoms with Gasteiger partial charge in [-0.15, -0.1) is 0 Å². The zero-order valence-electron chi connectivity index (χ0n) is 10.1. The van der Waals surface area contributed by atoms with E-state index in [1.54, 1.807) is 0 Å². The third-order valence-corrected chi connectivity index (χ3v) is 2.66. The molecule has 0 saturated carbocycles. The van der Waals surface area contributed by atoms with Crippen LogP contribution in [0, 0.1) is 5.92 Å². The van der Waals surface area contributed by atoms with Crippen molar-refractivity contribution in [2.75, 3.05) is 6.61 Å². The Hall–Kier alpha value is -1.31. The van der Waals surface area contributed by atoms with Gasteiger partial charge in [-0.2, -0.15) is 0 Å². The molecular formula is C14H20O2. The van der Waals surface area contributed by atoms with Crippen LogP contribution in [0.4, 0.5) is 0 Å². The van der Waals surface area contributed by atoms with Crippen LogP contribution in [0.25, 0.3) is 0 Å². The minimum Gasteiger partial charge on any atom is -0.458 e. The number of hydrogen-bond acceptors (Lipinski definition) is 2. The molecule has 0 aromatic rings. The molecule has 2 heteroatoms. The molecule has 0 aliphatic carbocycles. The highest BCUT2D eigenvalue weighted by Crippen LogP contribution is 2.13. The second kappa shape index (κ2) is 7.04. The summed E-state index contributed by atoms with van der Waals surface area (Å²) in [6.45, 7) is 4.40. The molecule has 0 saturated heterocycles. The molecule has 0 bridgehead atoms. The Kier molecular flexibility index (Phi) is 5.62. The standard InChI is InChI=1S/C14H20O2/c1-12-8-5-3-4-6-11-16-14(15)13(2)10-7-9-12/h3-6,10,12H,7-9,11H2,1-2H3/b5-3+,6-4+,13-10+/t12-/m1/s1. The Balaban J connectivity index is 2.62. The first-order chi connectivity index (χ1) is 7.70. The average Bonchev–Trinajstić information content (AvgIpc) is 2.27. The highest BCUT2D eigenvalue weighted by molar-refractivity contribution is 5.87. The monoisotopic (exact) mass is 220 g/mol. The lowest BCUT2D eigenvalue weighted by Gasteiger charge is -2.06. The molecule has 0 aromatic carbocycles. The summed E-state index contributed by atoms with van der Waals surface area (Å²) in [5.74, 6) is 0.450. The molecule has 0 unspecified atom stereocenters. The number of allylic oxidation sites excluding steroid dienone is 4. The van der Waals surface area contributed by atoms with Gasteiger partial charge in [0.25, 0.3) is 0 Å². The Labute approximate surface area is 97.7 Å². The van der Waals surface area contributed by atoms with Gasteiger partial charge in [0, 0.05) is 5.57 Å². The normalized spacial score (nSPS) is 31.0. The van der Waals surface area contributed by atoms with E-state index in [2.05, 4.69) is 13.0 Å². The van der Waals surface area contributed by atoms with E-state index in [0.29, 0.717) is 18.1 Å². The second-order valence-electron chi connectivity index (χ2n) is 4.26. The van der Waals surface area contributed by atoms with Crippen LogP contribution in [0.1, 0.15) is 33.1 Å². The smallest absolute Gasteiger partial charge is 0.333 e. The first-order valence-electron chi connectivity index (χ1n) is 5.85. The Morgan fingerprint density at radius 2 is 2.06 bits per heavy atom. The van der Waals surface area contributed by atoms with Crippen LogP contribution in [0.3, 0.4) is 0 Å². The molecule has 16 heavy (non-hydrogen) atoms. The van der Waals surface area contributed by atoms with E-state index in [0.717, 1.165) is 19.3 Å². The lowest BCUT2D eigenvalue weighted by Crippen LogP contribution is -2.05. The molecule has 2 nitrogen and oxygen atoms in total. The number of carbonyl (C=O) groups is 1. The van der Waals surface area contributed by atoms with Gasteiger partial charge in [-0.3, -0.25) is 0 Å². The van der Waals surface area contributed by atoms with Crippen LogP contribution < -0.4 is 0 Å². The van der Waals surface area contributed by atoms with E-state index in [1.807, 2.05) is 31.2 Å². The van der Waals surface area contributed by atoms with Crippen molar-refractivity contribution in [1.29, 1.82) is 0 Å². The minimum absolute atomic E-state index is 0.208. The van der Waals surface area contributed by atoms with Crippen molar-refractivity contribution in [3.05, 3.63) is 36.0 Å². The van der Waals surface area contributed by atoms with Crippen molar-refractivity contribution in [3.63, 3.8) is 0 Å². The zero-order chi connectivity index (χ0) is 11.8. The topological polar surface area (TPSA) is 26.3 Å². The molecule has 0 aromatic heterocycles. The van der Waals surface area contributed by atoms with Crippen LogP contribution in [-0.4, -0.2) is 12.6 Å². The molecule has 1 aliphatic rings. The van der Waals surface area contributed by atoms with Gasteiger partial charge in [-0.1, -0.05) is 31.2 Å². The molecule has 1 aliphatic heterocycles. The Morgan fingerprint density at radius 1 is 1.31 bits per heavy atom. The molecule has 0 radical (unpaired) electrons. The van der Waals surface area contributed by atoms with Gasteiger partial charge in [0.1, 0.15) is 6.61 Å². The van der Waals surface area contributed by atoms with Crippen molar-refractivity contribution in [2.45, 2.75) is 33.1 Å². The summed E-state index contributed by atoms with van der Waals surface area (Å²) < 4.78 is 5.07. The van der Waals surface area contributed by atoms with Crippen LogP contribution in [0.5, 0.6) is 0 Å². The van der Waals surface area contributed by atoms with Crippen LogP contribution in [-0.2, 0) is 9.53 Å². The number of hydrogen-bond donors (Lipinski definition) is 0. The fourth-order valence-corrected chi connectivity index (χ4v) is 1.55. The van der Waals surface area contributed by atoms with Crippen LogP contribution in [0.15, 0.2) is 36.0 Å². The summed E-state index contributed by atoms with van der Waals surface area (Å²) in [5.41, 5.74) is 0.716. The summed E-state index contributed by atoms with van der Waals surface area (Å²) in [7, 11) is 0. The highest BCUT2D eigenvalue weighted by Gasteiger charge is 2.05. The van der Waals surface area contributed by atoms with Crippen LogP contribution >= 0.6 is 0 Å². The summed E-state index contributed by atoms with van der Waals surface area (Å²) in [4.78, 5) is 11.5. The lowest BCUT2D eigenvalue weighted by molar-refractivity contribution is -0.137. The maximum absolute atomic E-state index is 11.5. The van der Waals surface area contributed by atoms with E-state index < -0.39 is 0 Å². The number of ether oxygens (including phenoxy) is 1. The third-order valence-electron chi connectivity index (χ3n) is 2.66. The van der Waals surface area contributed by atoms with Gasteiger partial charge in [0.05, 0.1) is 0 Å². The van der Waals surface area contributed by atoms with Crippen molar-refractivity contribution >= 4 is 5.97 Å². The van der Waals surface area contributed by atoms with E-state index in [9.17, 15) is 4.79 Å². The fraction of sp³-hybridized carbons (Fsp3) is 0.500. The molecular weight excluding hydrogens is 200 g/mol. The van der Waals surface area contributed by atoms with Crippen molar-refractivity contribution in [2.24, 2.45) is 5.92 Å². The molecule has 0 spiro atoms. The molecule has 0 amide bonds. The van der Waals surface area contributed by atoms with Gasteiger partial charge in [-0.05, 0) is 38.2 Å². The van der Waals surface area contributed by atoms with E-state index in [-0.39, 0.29) is 5.97 Å². The molecule has 0 N–H and O–H groups in total. The quantitative estimate of drug-likeness (QED) is 0.585. The van der Waals surface area contributed by atoms with Gasteiger partial charge < -0.3 is 4.74 Å². The first-order valence-corrected chi connectivity index (χ1v) is 5.85. The van der Waals surface area contributed by atoms with E-state index in [1.165, 1.54) is 0 Å². The molecule has 1 atom stereocenters. The number of cyclic esters (lactones) is 1. The summed E-state index contributed by atoms with van der Waals surface area (Å²) in [6.07, 6.45) is 13.1.